The van der Waals surface area contributed by atoms with Gasteiger partial charge in [-0.25, -0.2) is 0 Å². The van der Waals surface area contributed by atoms with Gasteiger partial charge in [0.25, 0.3) is 0 Å². The van der Waals surface area contributed by atoms with E-state index in [2.05, 4.69) is 5.10 Å². The van der Waals surface area contributed by atoms with Gasteiger partial charge in [-0.15, -0.1) is 0 Å². The van der Waals surface area contributed by atoms with Gasteiger partial charge in [0.1, 0.15) is 5.82 Å². The van der Waals surface area contributed by atoms with Gasteiger partial charge in [0.15, 0.2) is 11.5 Å². The van der Waals surface area contributed by atoms with Gasteiger partial charge in [0.05, 0.1) is 12.3 Å². The number of nitrogen functional groups attached to an aromatic ring is 1. The summed E-state index contributed by atoms with van der Waals surface area (Å²) in [6.07, 6.45) is 0. The van der Waals surface area contributed by atoms with Crippen LogP contribution in [0.25, 0.3) is 11.3 Å². The quantitative estimate of drug-likeness (QED) is 0.847. The molecular formula is C12H15N3O2. The Morgan fingerprint density at radius 3 is 2.82 bits per heavy atom. The maximum absolute atomic E-state index is 10.1. The van der Waals surface area contributed by atoms with E-state index in [0.29, 0.717) is 29.4 Å². The Morgan fingerprint density at radius 2 is 2.24 bits per heavy atom. The van der Waals surface area contributed by atoms with Crippen LogP contribution in [0.5, 0.6) is 11.5 Å². The van der Waals surface area contributed by atoms with E-state index >= 15 is 0 Å². The molecular weight excluding hydrogens is 218 g/mol. The Kier molecular flexibility index (Phi) is 2.91. The molecule has 0 aliphatic heterocycles. The highest BCUT2D eigenvalue weighted by molar-refractivity contribution is 5.72. The summed E-state index contributed by atoms with van der Waals surface area (Å²) < 4.78 is 6.88. The molecule has 17 heavy (non-hydrogen) atoms. The monoisotopic (exact) mass is 233 g/mol. The van der Waals surface area contributed by atoms with Crippen LogP contribution in [0.3, 0.4) is 0 Å². The predicted molar refractivity (Wildman–Crippen MR) is 65.9 cm³/mol. The number of phenolic OH excluding ortho intramolecular Hbond substituents is 1. The molecule has 0 radical (unpaired) electrons. The highest BCUT2D eigenvalue weighted by Gasteiger charge is 2.13. The summed E-state index contributed by atoms with van der Waals surface area (Å²) in [6, 6.07) is 7.02. The number of hydrogen-bond acceptors (Lipinski definition) is 4. The molecule has 3 N–H and O–H groups in total. The lowest BCUT2D eigenvalue weighted by Gasteiger charge is -2.08. The van der Waals surface area contributed by atoms with Crippen LogP contribution in [0, 0.1) is 0 Å². The Labute approximate surface area is 99.4 Å². The lowest BCUT2D eigenvalue weighted by Crippen LogP contribution is -1.96. The number of rotatable bonds is 3. The number of aromatic hydroxyl groups is 1. The minimum atomic E-state index is 0.0902. The first-order valence-electron chi connectivity index (χ1n) is 5.38. The Morgan fingerprint density at radius 1 is 1.47 bits per heavy atom. The molecule has 5 heteroatoms. The number of aromatic nitrogens is 2. The minimum absolute atomic E-state index is 0.0902. The van der Waals surface area contributed by atoms with Crippen LogP contribution < -0.4 is 10.5 Å². The molecule has 0 unspecified atom stereocenters. The van der Waals surface area contributed by atoms with Gasteiger partial charge in [0, 0.05) is 18.7 Å². The maximum Gasteiger partial charge on any atom is 0.167 e. The molecule has 1 aromatic carbocycles. The number of ether oxygens (including phenoxy) is 1. The van der Waals surface area contributed by atoms with Crippen LogP contribution >= 0.6 is 0 Å². The summed E-state index contributed by atoms with van der Waals surface area (Å²) in [7, 11) is 1.75. The molecule has 0 aliphatic rings. The molecule has 0 saturated heterocycles. The second-order valence-corrected chi connectivity index (χ2v) is 3.66. The zero-order valence-corrected chi connectivity index (χ0v) is 9.84. The second-order valence-electron chi connectivity index (χ2n) is 3.66. The van der Waals surface area contributed by atoms with Gasteiger partial charge in [-0.2, -0.15) is 5.10 Å². The SMILES string of the molecule is CCOc1cccc(-c2cc(N)n(C)n2)c1O. The van der Waals surface area contributed by atoms with Crippen molar-refractivity contribution in [2.75, 3.05) is 12.3 Å². The van der Waals surface area contributed by atoms with Gasteiger partial charge < -0.3 is 15.6 Å². The average molecular weight is 233 g/mol. The lowest BCUT2D eigenvalue weighted by molar-refractivity contribution is 0.318. The third-order valence-electron chi connectivity index (χ3n) is 2.49. The molecule has 1 heterocycles. The summed E-state index contributed by atoms with van der Waals surface area (Å²) in [5.41, 5.74) is 6.96. The van der Waals surface area contributed by atoms with Crippen molar-refractivity contribution >= 4 is 5.82 Å². The van der Waals surface area contributed by atoms with E-state index in [1.807, 2.05) is 13.0 Å². The fourth-order valence-electron chi connectivity index (χ4n) is 1.61. The molecule has 0 fully saturated rings. The normalized spacial score (nSPS) is 10.5. The topological polar surface area (TPSA) is 73.3 Å². The predicted octanol–water partition coefficient (Wildman–Crippen LogP) is 1.77. The number of aryl methyl sites for hydroxylation is 1. The standard InChI is InChI=1S/C12H15N3O2/c1-3-17-10-6-4-5-8(12(10)16)9-7-11(13)15(2)14-9/h4-7,16H,3,13H2,1-2H3. The number of hydrogen-bond donors (Lipinski definition) is 2. The molecule has 1 aromatic heterocycles. The Balaban J connectivity index is 2.48. The zero-order valence-electron chi connectivity index (χ0n) is 9.84. The van der Waals surface area contributed by atoms with Gasteiger partial charge in [0.2, 0.25) is 0 Å². The molecule has 0 amide bonds. The third kappa shape index (κ3) is 2.04. The van der Waals surface area contributed by atoms with E-state index in [1.165, 1.54) is 0 Å². The molecule has 0 atom stereocenters. The summed E-state index contributed by atoms with van der Waals surface area (Å²) in [5, 5.41) is 14.3. The highest BCUT2D eigenvalue weighted by atomic mass is 16.5. The molecule has 0 bridgehead atoms. The van der Waals surface area contributed by atoms with Gasteiger partial charge >= 0.3 is 0 Å². The summed E-state index contributed by atoms with van der Waals surface area (Å²) >= 11 is 0. The molecule has 5 nitrogen and oxygen atoms in total. The summed E-state index contributed by atoms with van der Waals surface area (Å²) in [6.45, 7) is 2.37. The molecule has 90 valence electrons. The first kappa shape index (κ1) is 11.3. The van der Waals surface area contributed by atoms with Crippen LogP contribution in [0.1, 0.15) is 6.92 Å². The summed E-state index contributed by atoms with van der Waals surface area (Å²) in [5.74, 6) is 1.09. The molecule has 0 aliphatic carbocycles. The number of para-hydroxylation sites is 1. The minimum Gasteiger partial charge on any atom is -0.504 e. The highest BCUT2D eigenvalue weighted by Crippen LogP contribution is 2.36. The third-order valence-corrected chi connectivity index (χ3v) is 2.49. The van der Waals surface area contributed by atoms with Crippen LogP contribution in [-0.2, 0) is 7.05 Å². The van der Waals surface area contributed by atoms with Crippen molar-refractivity contribution in [3.05, 3.63) is 24.3 Å². The van der Waals surface area contributed by atoms with Crippen LogP contribution in [0.15, 0.2) is 24.3 Å². The van der Waals surface area contributed by atoms with Gasteiger partial charge in [-0.1, -0.05) is 6.07 Å². The largest absolute Gasteiger partial charge is 0.504 e. The number of nitrogens with two attached hydrogens (primary N) is 1. The lowest BCUT2D eigenvalue weighted by atomic mass is 10.1. The first-order chi connectivity index (χ1) is 8.13. The van der Waals surface area contributed by atoms with E-state index in [4.69, 9.17) is 10.5 Å². The van der Waals surface area contributed by atoms with Crippen molar-refractivity contribution in [1.82, 2.24) is 9.78 Å². The van der Waals surface area contributed by atoms with Crippen molar-refractivity contribution in [2.45, 2.75) is 6.92 Å². The summed E-state index contributed by atoms with van der Waals surface area (Å²) in [4.78, 5) is 0. The van der Waals surface area contributed by atoms with E-state index in [-0.39, 0.29) is 5.75 Å². The van der Waals surface area contributed by atoms with Crippen molar-refractivity contribution in [2.24, 2.45) is 7.05 Å². The molecule has 2 aromatic rings. The molecule has 0 spiro atoms. The smallest absolute Gasteiger partial charge is 0.167 e. The van der Waals surface area contributed by atoms with E-state index < -0.39 is 0 Å². The fraction of sp³-hybridized carbons (Fsp3) is 0.250. The van der Waals surface area contributed by atoms with E-state index in [9.17, 15) is 5.11 Å². The van der Waals surface area contributed by atoms with Crippen LogP contribution in [0.2, 0.25) is 0 Å². The number of phenols is 1. The maximum atomic E-state index is 10.1. The molecule has 2 rings (SSSR count). The van der Waals surface area contributed by atoms with E-state index in [0.717, 1.165) is 0 Å². The van der Waals surface area contributed by atoms with Crippen molar-refractivity contribution in [1.29, 1.82) is 0 Å². The van der Waals surface area contributed by atoms with Gasteiger partial charge in [-0.05, 0) is 19.1 Å². The van der Waals surface area contributed by atoms with Crippen LogP contribution in [0.4, 0.5) is 5.82 Å². The first-order valence-corrected chi connectivity index (χ1v) is 5.38. The number of benzene rings is 1. The number of nitrogens with zero attached hydrogens (tertiary/aromatic N) is 2. The van der Waals surface area contributed by atoms with Gasteiger partial charge in [-0.3, -0.25) is 4.68 Å². The zero-order chi connectivity index (χ0) is 12.4. The van der Waals surface area contributed by atoms with Crippen molar-refractivity contribution < 1.29 is 9.84 Å². The Hall–Kier alpha value is -2.17. The van der Waals surface area contributed by atoms with Crippen molar-refractivity contribution in [3.63, 3.8) is 0 Å². The van der Waals surface area contributed by atoms with Crippen LogP contribution in [-0.4, -0.2) is 21.5 Å². The second kappa shape index (κ2) is 4.37. The van der Waals surface area contributed by atoms with E-state index in [1.54, 1.807) is 29.9 Å². The fourth-order valence-corrected chi connectivity index (χ4v) is 1.61. The Bertz CT molecular complexity index is 515. The van der Waals surface area contributed by atoms with Crippen molar-refractivity contribution in [3.8, 4) is 22.8 Å². The number of anilines is 1. The molecule has 0 saturated carbocycles. The average Bonchev–Trinajstić information content (AvgIpc) is 2.62.